The fourth-order valence-electron chi connectivity index (χ4n) is 2.44. The fraction of sp³-hybridized carbons (Fsp3) is 0.238. The predicted molar refractivity (Wildman–Crippen MR) is 98.0 cm³/mol. The molecule has 2 aromatic rings. The second-order valence-corrected chi connectivity index (χ2v) is 5.76. The summed E-state index contributed by atoms with van der Waals surface area (Å²) in [5, 5.41) is 9.58. The number of hydrogen-bond acceptors (Lipinski definition) is 2. The molecule has 0 radical (unpaired) electrons. The molecule has 1 N–H and O–H groups in total. The summed E-state index contributed by atoms with van der Waals surface area (Å²) in [6.07, 6.45) is 9.31. The lowest BCUT2D eigenvalue weighted by atomic mass is 10.0. The Morgan fingerprint density at radius 1 is 0.913 bits per heavy atom. The summed E-state index contributed by atoms with van der Waals surface area (Å²) >= 11 is 0. The molecular formula is C21H24O2. The van der Waals surface area contributed by atoms with Gasteiger partial charge in [0.15, 0.2) is 11.5 Å². The molecule has 0 aliphatic carbocycles. The first-order valence-electron chi connectivity index (χ1n) is 7.79. The quantitative estimate of drug-likeness (QED) is 0.796. The van der Waals surface area contributed by atoms with Gasteiger partial charge in [-0.1, -0.05) is 42.5 Å². The van der Waals surface area contributed by atoms with E-state index in [1.165, 1.54) is 22.3 Å². The topological polar surface area (TPSA) is 29.5 Å². The van der Waals surface area contributed by atoms with Crippen LogP contribution in [0.3, 0.4) is 0 Å². The molecule has 2 aromatic carbocycles. The molecule has 0 heterocycles. The van der Waals surface area contributed by atoms with Gasteiger partial charge in [0.2, 0.25) is 0 Å². The summed E-state index contributed by atoms with van der Waals surface area (Å²) in [4.78, 5) is 0. The van der Waals surface area contributed by atoms with Crippen LogP contribution in [0.5, 0.6) is 11.5 Å². The van der Waals surface area contributed by atoms with Crippen molar-refractivity contribution in [3.8, 4) is 11.5 Å². The van der Waals surface area contributed by atoms with E-state index < -0.39 is 0 Å². The molecule has 2 nitrogen and oxygen atoms in total. The van der Waals surface area contributed by atoms with E-state index in [4.69, 9.17) is 4.74 Å². The van der Waals surface area contributed by atoms with Gasteiger partial charge in [0.1, 0.15) is 0 Å². The van der Waals surface area contributed by atoms with Crippen LogP contribution in [-0.2, 0) is 0 Å². The molecule has 0 saturated carbocycles. The molecule has 0 amide bonds. The van der Waals surface area contributed by atoms with Gasteiger partial charge in [-0.2, -0.15) is 0 Å². The van der Waals surface area contributed by atoms with Gasteiger partial charge >= 0.3 is 0 Å². The normalized spacial score (nSPS) is 11.5. The van der Waals surface area contributed by atoms with Crippen molar-refractivity contribution in [3.05, 3.63) is 70.3 Å². The lowest BCUT2D eigenvalue weighted by molar-refractivity contribution is 0.373. The van der Waals surface area contributed by atoms with Crippen molar-refractivity contribution in [2.24, 2.45) is 0 Å². The van der Waals surface area contributed by atoms with Crippen molar-refractivity contribution in [2.75, 3.05) is 7.11 Å². The number of aromatic hydroxyl groups is 1. The predicted octanol–water partition coefficient (Wildman–Crippen LogP) is 5.44. The van der Waals surface area contributed by atoms with Crippen molar-refractivity contribution in [2.45, 2.75) is 27.2 Å². The van der Waals surface area contributed by atoms with Crippen molar-refractivity contribution in [3.63, 3.8) is 0 Å². The smallest absolute Gasteiger partial charge is 0.161 e. The van der Waals surface area contributed by atoms with Gasteiger partial charge in [-0.25, -0.2) is 0 Å². The first-order chi connectivity index (χ1) is 11.0. The number of phenolic OH excluding ortho intramolecular Hbond substituents is 1. The zero-order valence-corrected chi connectivity index (χ0v) is 14.3. The summed E-state index contributed by atoms with van der Waals surface area (Å²) in [7, 11) is 1.55. The largest absolute Gasteiger partial charge is 0.504 e. The number of benzene rings is 2. The zero-order chi connectivity index (χ0) is 16.8. The Balaban J connectivity index is 2.00. The van der Waals surface area contributed by atoms with E-state index in [0.717, 1.165) is 12.0 Å². The molecule has 0 atom stereocenters. The van der Waals surface area contributed by atoms with Crippen molar-refractivity contribution < 1.29 is 9.84 Å². The van der Waals surface area contributed by atoms with E-state index in [1.54, 1.807) is 13.2 Å². The highest BCUT2D eigenvalue weighted by Crippen LogP contribution is 2.26. The van der Waals surface area contributed by atoms with Gasteiger partial charge in [0.25, 0.3) is 0 Å². The number of methoxy groups -OCH3 is 1. The van der Waals surface area contributed by atoms with Crippen molar-refractivity contribution in [1.29, 1.82) is 0 Å². The number of hydrogen-bond donors (Lipinski definition) is 1. The second-order valence-electron chi connectivity index (χ2n) is 5.76. The Kier molecular flexibility index (Phi) is 5.64. The second kappa shape index (κ2) is 7.68. The molecule has 0 bridgehead atoms. The molecule has 2 rings (SSSR count). The van der Waals surface area contributed by atoms with E-state index in [1.807, 2.05) is 18.2 Å². The highest BCUT2D eigenvalue weighted by Gasteiger charge is 2.00. The summed E-state index contributed by atoms with van der Waals surface area (Å²) in [6.45, 7) is 6.43. The van der Waals surface area contributed by atoms with Crippen LogP contribution in [0, 0.1) is 20.8 Å². The van der Waals surface area contributed by atoms with Crippen molar-refractivity contribution >= 4 is 12.2 Å². The van der Waals surface area contributed by atoms with E-state index in [2.05, 4.69) is 51.1 Å². The average molecular weight is 308 g/mol. The van der Waals surface area contributed by atoms with Crippen LogP contribution in [0.1, 0.15) is 34.2 Å². The van der Waals surface area contributed by atoms with E-state index in [0.29, 0.717) is 5.75 Å². The van der Waals surface area contributed by atoms with E-state index in [-0.39, 0.29) is 5.75 Å². The monoisotopic (exact) mass is 308 g/mol. The van der Waals surface area contributed by atoms with E-state index >= 15 is 0 Å². The van der Waals surface area contributed by atoms with Crippen LogP contribution < -0.4 is 4.74 Å². The molecule has 0 spiro atoms. The Morgan fingerprint density at radius 3 is 2.35 bits per heavy atom. The van der Waals surface area contributed by atoms with Gasteiger partial charge in [-0.05, 0) is 67.1 Å². The van der Waals surface area contributed by atoms with Gasteiger partial charge < -0.3 is 9.84 Å². The third-order valence-electron chi connectivity index (χ3n) is 3.97. The Hall–Kier alpha value is -2.48. The Labute approximate surface area is 138 Å². The van der Waals surface area contributed by atoms with Gasteiger partial charge in [-0.15, -0.1) is 0 Å². The zero-order valence-electron chi connectivity index (χ0n) is 14.3. The fourth-order valence-corrected chi connectivity index (χ4v) is 2.44. The van der Waals surface area contributed by atoms with Crippen LogP contribution in [0.2, 0.25) is 0 Å². The van der Waals surface area contributed by atoms with Crippen LogP contribution in [0.4, 0.5) is 0 Å². The molecule has 0 saturated heterocycles. The first-order valence-corrected chi connectivity index (χ1v) is 7.79. The number of ether oxygens (including phenoxy) is 1. The van der Waals surface area contributed by atoms with Gasteiger partial charge in [0, 0.05) is 0 Å². The molecule has 0 aliphatic heterocycles. The number of rotatable bonds is 5. The maximum Gasteiger partial charge on any atom is 0.161 e. The summed E-state index contributed by atoms with van der Waals surface area (Å²) in [5.41, 5.74) is 6.24. The molecule has 2 heteroatoms. The van der Waals surface area contributed by atoms with Crippen LogP contribution >= 0.6 is 0 Å². The lowest BCUT2D eigenvalue weighted by Crippen LogP contribution is -1.87. The molecule has 120 valence electrons. The highest BCUT2D eigenvalue weighted by atomic mass is 16.5. The summed E-state index contributed by atoms with van der Waals surface area (Å²) in [5.74, 6) is 0.656. The summed E-state index contributed by atoms with van der Waals surface area (Å²) < 4.78 is 5.11. The molecule has 0 aliphatic rings. The molecule has 23 heavy (non-hydrogen) atoms. The first kappa shape index (κ1) is 16.9. The SMILES string of the molecule is COc1cc(C=CCC=Cc2cc(C)c(C)cc2C)ccc1O. The molecule has 0 aromatic heterocycles. The lowest BCUT2D eigenvalue weighted by Gasteiger charge is -2.05. The van der Waals surface area contributed by atoms with Crippen LogP contribution in [-0.4, -0.2) is 12.2 Å². The average Bonchev–Trinajstić information content (AvgIpc) is 2.53. The molecule has 0 unspecified atom stereocenters. The third kappa shape index (κ3) is 4.49. The molecule has 0 fully saturated rings. The Morgan fingerprint density at radius 2 is 1.61 bits per heavy atom. The highest BCUT2D eigenvalue weighted by molar-refractivity contribution is 5.58. The summed E-state index contributed by atoms with van der Waals surface area (Å²) in [6, 6.07) is 9.80. The van der Waals surface area contributed by atoms with E-state index in [9.17, 15) is 5.11 Å². The van der Waals surface area contributed by atoms with Crippen LogP contribution in [0.15, 0.2) is 42.5 Å². The maximum absolute atomic E-state index is 9.58. The Bertz CT molecular complexity index is 740. The minimum Gasteiger partial charge on any atom is -0.504 e. The standard InChI is InChI=1S/C21H24O2/c1-15-12-17(3)19(13-16(15)2)9-7-5-6-8-18-10-11-20(22)21(14-18)23-4/h6-14,22H,5H2,1-4H3. The van der Waals surface area contributed by atoms with Crippen LogP contribution in [0.25, 0.3) is 12.2 Å². The third-order valence-corrected chi connectivity index (χ3v) is 3.97. The van der Waals surface area contributed by atoms with Gasteiger partial charge in [-0.3, -0.25) is 0 Å². The van der Waals surface area contributed by atoms with Gasteiger partial charge in [0.05, 0.1) is 7.11 Å². The number of allylic oxidation sites excluding steroid dienone is 2. The minimum atomic E-state index is 0.162. The van der Waals surface area contributed by atoms with Crippen molar-refractivity contribution in [1.82, 2.24) is 0 Å². The molecular weight excluding hydrogens is 284 g/mol. The number of phenols is 1. The number of aryl methyl sites for hydroxylation is 3. The maximum atomic E-state index is 9.58. The minimum absolute atomic E-state index is 0.162.